The van der Waals surface area contributed by atoms with Gasteiger partial charge >= 0.3 is 0 Å². The van der Waals surface area contributed by atoms with E-state index in [1.54, 1.807) is 19.2 Å². The third kappa shape index (κ3) is 4.16. The van der Waals surface area contributed by atoms with E-state index in [0.717, 1.165) is 5.69 Å². The summed E-state index contributed by atoms with van der Waals surface area (Å²) in [6.45, 7) is 0.425. The molecule has 0 aliphatic rings. The van der Waals surface area contributed by atoms with E-state index in [2.05, 4.69) is 20.3 Å². The molecule has 122 valence electrons. The topological polar surface area (TPSA) is 69.2 Å². The Kier molecular flexibility index (Phi) is 4.81. The number of ether oxygens (including phenoxy) is 2. The van der Waals surface area contributed by atoms with Crippen molar-refractivity contribution in [2.75, 3.05) is 12.4 Å². The van der Waals surface area contributed by atoms with Gasteiger partial charge in [-0.15, -0.1) is 0 Å². The maximum atomic E-state index is 13.8. The van der Waals surface area contributed by atoms with Crippen LogP contribution in [0.4, 0.5) is 10.1 Å². The second-order valence-corrected chi connectivity index (χ2v) is 4.88. The average molecular weight is 326 g/mol. The molecule has 0 saturated carbocycles. The van der Waals surface area contributed by atoms with Gasteiger partial charge in [-0.3, -0.25) is 0 Å². The van der Waals surface area contributed by atoms with Crippen molar-refractivity contribution in [2.24, 2.45) is 0 Å². The Morgan fingerprint density at radius 2 is 1.92 bits per heavy atom. The largest absolute Gasteiger partial charge is 0.481 e. The van der Waals surface area contributed by atoms with Gasteiger partial charge in [0, 0.05) is 23.9 Å². The van der Waals surface area contributed by atoms with Crippen molar-refractivity contribution in [3.63, 3.8) is 0 Å². The van der Waals surface area contributed by atoms with Crippen LogP contribution >= 0.6 is 0 Å². The predicted molar refractivity (Wildman–Crippen MR) is 86.6 cm³/mol. The monoisotopic (exact) mass is 326 g/mol. The lowest BCUT2D eigenvalue weighted by Gasteiger charge is -2.10. The molecular weight excluding hydrogens is 311 g/mol. The smallest absolute Gasteiger partial charge is 0.213 e. The molecular formula is C17H15FN4O2. The summed E-state index contributed by atoms with van der Waals surface area (Å²) in [5.41, 5.74) is 1.35. The molecule has 0 fully saturated rings. The molecule has 2 heterocycles. The van der Waals surface area contributed by atoms with Crippen LogP contribution in [0.3, 0.4) is 0 Å². The van der Waals surface area contributed by atoms with Gasteiger partial charge in [0.05, 0.1) is 31.7 Å². The maximum Gasteiger partial charge on any atom is 0.213 e. The van der Waals surface area contributed by atoms with Crippen molar-refractivity contribution in [3.05, 3.63) is 66.6 Å². The van der Waals surface area contributed by atoms with Gasteiger partial charge in [-0.1, -0.05) is 6.07 Å². The lowest BCUT2D eigenvalue weighted by Crippen LogP contribution is -2.03. The first-order valence-corrected chi connectivity index (χ1v) is 7.20. The Morgan fingerprint density at radius 3 is 2.71 bits per heavy atom. The fraction of sp³-hybridized carbons (Fsp3) is 0.118. The summed E-state index contributed by atoms with van der Waals surface area (Å²) in [6.07, 6.45) is 4.41. The van der Waals surface area contributed by atoms with Crippen molar-refractivity contribution in [3.8, 4) is 17.4 Å². The van der Waals surface area contributed by atoms with Crippen LogP contribution in [0.25, 0.3) is 0 Å². The summed E-state index contributed by atoms with van der Waals surface area (Å²) in [5, 5.41) is 3.11. The van der Waals surface area contributed by atoms with E-state index in [-0.39, 0.29) is 0 Å². The number of anilines is 1. The van der Waals surface area contributed by atoms with Crippen LogP contribution in [0, 0.1) is 5.82 Å². The minimum Gasteiger partial charge on any atom is -0.481 e. The van der Waals surface area contributed by atoms with Gasteiger partial charge in [-0.05, 0) is 12.1 Å². The van der Waals surface area contributed by atoms with Crippen molar-refractivity contribution < 1.29 is 13.9 Å². The number of nitrogens with one attached hydrogen (secondary N) is 1. The number of methoxy groups -OCH3 is 1. The van der Waals surface area contributed by atoms with Gasteiger partial charge in [0.15, 0.2) is 5.75 Å². The van der Waals surface area contributed by atoms with Crippen molar-refractivity contribution >= 4 is 5.69 Å². The lowest BCUT2D eigenvalue weighted by molar-refractivity contribution is 0.396. The van der Waals surface area contributed by atoms with Crippen LogP contribution in [0.5, 0.6) is 17.4 Å². The third-order valence-electron chi connectivity index (χ3n) is 3.11. The first-order valence-electron chi connectivity index (χ1n) is 7.20. The van der Waals surface area contributed by atoms with Gasteiger partial charge in [0.25, 0.3) is 0 Å². The average Bonchev–Trinajstić information content (AvgIpc) is 2.60. The summed E-state index contributed by atoms with van der Waals surface area (Å²) in [5.74, 6) is 0.904. The zero-order chi connectivity index (χ0) is 16.8. The third-order valence-corrected chi connectivity index (χ3v) is 3.11. The zero-order valence-electron chi connectivity index (χ0n) is 12.9. The quantitative estimate of drug-likeness (QED) is 0.748. The fourth-order valence-electron chi connectivity index (χ4n) is 2.06. The molecule has 0 bridgehead atoms. The van der Waals surface area contributed by atoms with E-state index >= 15 is 0 Å². The van der Waals surface area contributed by atoms with Gasteiger partial charge in [0.2, 0.25) is 5.88 Å². The molecule has 3 rings (SSSR count). The van der Waals surface area contributed by atoms with Crippen LogP contribution in [0.15, 0.2) is 55.1 Å². The normalized spacial score (nSPS) is 10.2. The zero-order valence-corrected chi connectivity index (χ0v) is 12.9. The highest BCUT2D eigenvalue weighted by Crippen LogP contribution is 2.25. The first kappa shape index (κ1) is 15.7. The molecule has 2 aromatic heterocycles. The SMILES string of the molecule is COc1cccc(CNc2cc(F)cc(Oc3cncnc3)c2)n1. The molecule has 0 amide bonds. The Hall–Kier alpha value is -3.22. The highest BCUT2D eigenvalue weighted by atomic mass is 19.1. The number of pyridine rings is 1. The molecule has 1 aromatic carbocycles. The Bertz CT molecular complexity index is 815. The van der Waals surface area contributed by atoms with Crippen LogP contribution in [0.2, 0.25) is 0 Å². The van der Waals surface area contributed by atoms with E-state index in [1.165, 1.54) is 30.9 Å². The molecule has 7 heteroatoms. The van der Waals surface area contributed by atoms with E-state index in [9.17, 15) is 4.39 Å². The van der Waals surface area contributed by atoms with Crippen molar-refractivity contribution in [1.82, 2.24) is 15.0 Å². The van der Waals surface area contributed by atoms with Gasteiger partial charge in [-0.25, -0.2) is 19.3 Å². The lowest BCUT2D eigenvalue weighted by atomic mass is 10.2. The molecule has 24 heavy (non-hydrogen) atoms. The summed E-state index contributed by atoms with van der Waals surface area (Å²) < 4.78 is 24.4. The first-order chi connectivity index (χ1) is 11.7. The number of hydrogen-bond donors (Lipinski definition) is 1. The number of hydrogen-bond acceptors (Lipinski definition) is 6. The highest BCUT2D eigenvalue weighted by Gasteiger charge is 2.05. The summed E-state index contributed by atoms with van der Waals surface area (Å²) in [7, 11) is 1.56. The number of benzene rings is 1. The fourth-order valence-corrected chi connectivity index (χ4v) is 2.06. The number of halogens is 1. The summed E-state index contributed by atoms with van der Waals surface area (Å²) >= 11 is 0. The van der Waals surface area contributed by atoms with Crippen LogP contribution < -0.4 is 14.8 Å². The van der Waals surface area contributed by atoms with Crippen molar-refractivity contribution in [2.45, 2.75) is 6.54 Å². The van der Waals surface area contributed by atoms with Crippen LogP contribution in [0.1, 0.15) is 5.69 Å². The Balaban J connectivity index is 1.71. The van der Waals surface area contributed by atoms with Gasteiger partial charge in [-0.2, -0.15) is 0 Å². The molecule has 0 spiro atoms. The summed E-state index contributed by atoms with van der Waals surface area (Å²) in [4.78, 5) is 12.0. The molecule has 0 aliphatic carbocycles. The van der Waals surface area contributed by atoms with E-state index < -0.39 is 5.82 Å². The molecule has 0 saturated heterocycles. The predicted octanol–water partition coefficient (Wildman–Crippen LogP) is 3.42. The molecule has 1 N–H and O–H groups in total. The van der Waals surface area contributed by atoms with E-state index in [4.69, 9.17) is 9.47 Å². The Labute approximate surface area is 138 Å². The highest BCUT2D eigenvalue weighted by molar-refractivity contribution is 5.49. The number of aromatic nitrogens is 3. The van der Waals surface area contributed by atoms with E-state index in [1.807, 2.05) is 12.1 Å². The van der Waals surface area contributed by atoms with Crippen molar-refractivity contribution in [1.29, 1.82) is 0 Å². The maximum absolute atomic E-state index is 13.8. The molecule has 0 unspecified atom stereocenters. The minimum absolute atomic E-state index is 0.353. The molecule has 0 aliphatic heterocycles. The van der Waals surface area contributed by atoms with Gasteiger partial charge in [0.1, 0.15) is 17.9 Å². The molecule has 3 aromatic rings. The molecule has 0 radical (unpaired) electrons. The minimum atomic E-state index is -0.412. The van der Waals surface area contributed by atoms with Crippen LogP contribution in [-0.2, 0) is 6.54 Å². The summed E-state index contributed by atoms with van der Waals surface area (Å²) in [6, 6.07) is 9.83. The molecule has 6 nitrogen and oxygen atoms in total. The Morgan fingerprint density at radius 1 is 1.08 bits per heavy atom. The standard InChI is InChI=1S/C17H15FN4O2/c1-23-17-4-2-3-13(22-17)8-21-14-5-12(18)6-15(7-14)24-16-9-19-11-20-10-16/h2-7,9-11,21H,8H2,1H3. The second kappa shape index (κ2) is 7.36. The molecule has 0 atom stereocenters. The second-order valence-electron chi connectivity index (χ2n) is 4.88. The van der Waals surface area contributed by atoms with Gasteiger partial charge < -0.3 is 14.8 Å². The van der Waals surface area contributed by atoms with E-state index in [0.29, 0.717) is 29.6 Å². The number of rotatable bonds is 6. The number of nitrogens with zero attached hydrogens (tertiary/aromatic N) is 3. The van der Waals surface area contributed by atoms with Crippen LogP contribution in [-0.4, -0.2) is 22.1 Å².